The Morgan fingerprint density at radius 1 is 1.33 bits per heavy atom. The van der Waals surface area contributed by atoms with E-state index < -0.39 is 5.97 Å². The van der Waals surface area contributed by atoms with Gasteiger partial charge in [0, 0.05) is 5.92 Å². The molecule has 3 rings (SSSR count). The number of hydrogen-bond acceptors (Lipinski definition) is 4. The SMILES string of the molecule is CC(C)c1nc2cc(C(=O)O)ccc2n1N1CCOCC1. The van der Waals surface area contributed by atoms with Gasteiger partial charge in [-0.05, 0) is 18.2 Å². The summed E-state index contributed by atoms with van der Waals surface area (Å²) >= 11 is 0. The fourth-order valence-electron chi connectivity index (χ4n) is 2.64. The molecule has 2 heterocycles. The highest BCUT2D eigenvalue weighted by Gasteiger charge is 2.21. The maximum Gasteiger partial charge on any atom is 0.335 e. The first kappa shape index (κ1) is 13.9. The molecule has 112 valence electrons. The van der Waals surface area contributed by atoms with E-state index in [1.165, 1.54) is 0 Å². The van der Waals surface area contributed by atoms with Crippen molar-refractivity contribution in [2.75, 3.05) is 31.3 Å². The van der Waals surface area contributed by atoms with Crippen molar-refractivity contribution < 1.29 is 14.6 Å². The van der Waals surface area contributed by atoms with Gasteiger partial charge < -0.3 is 14.9 Å². The first-order valence-corrected chi connectivity index (χ1v) is 7.16. The Hall–Kier alpha value is -2.08. The number of carboxylic acid groups (broad SMARTS) is 1. The van der Waals surface area contributed by atoms with Crippen LogP contribution in [0.3, 0.4) is 0 Å². The van der Waals surface area contributed by atoms with Crippen LogP contribution in [0.2, 0.25) is 0 Å². The number of carbonyl (C=O) groups is 1. The Morgan fingerprint density at radius 2 is 2.05 bits per heavy atom. The molecule has 0 saturated carbocycles. The van der Waals surface area contributed by atoms with E-state index in [0.717, 1.165) is 29.9 Å². The molecule has 0 spiro atoms. The first-order valence-electron chi connectivity index (χ1n) is 7.16. The molecule has 1 aliphatic heterocycles. The van der Waals surface area contributed by atoms with Crippen molar-refractivity contribution >= 4 is 17.0 Å². The molecule has 6 heteroatoms. The third-order valence-corrected chi connectivity index (χ3v) is 3.69. The standard InChI is InChI=1S/C15H19N3O3/c1-10(2)14-16-12-9-11(15(19)20)3-4-13(12)18(14)17-5-7-21-8-6-17/h3-4,9-10H,5-8H2,1-2H3,(H,19,20). The third-order valence-electron chi connectivity index (χ3n) is 3.69. The number of benzene rings is 1. The van der Waals surface area contributed by atoms with Crippen LogP contribution in [-0.4, -0.2) is 47.0 Å². The van der Waals surface area contributed by atoms with E-state index in [0.29, 0.717) is 13.2 Å². The molecular formula is C15H19N3O3. The molecule has 0 bridgehead atoms. The predicted octanol–water partition coefficient (Wildman–Crippen LogP) is 1.83. The number of hydrogen-bond donors (Lipinski definition) is 1. The third kappa shape index (κ3) is 2.47. The van der Waals surface area contributed by atoms with Crippen molar-refractivity contribution in [2.45, 2.75) is 19.8 Å². The lowest BCUT2D eigenvalue weighted by Crippen LogP contribution is -2.44. The van der Waals surface area contributed by atoms with Gasteiger partial charge in [0.1, 0.15) is 5.82 Å². The molecule has 2 aromatic rings. The van der Waals surface area contributed by atoms with Crippen molar-refractivity contribution in [3.63, 3.8) is 0 Å². The number of rotatable bonds is 3. The van der Waals surface area contributed by atoms with Crippen LogP contribution in [0.1, 0.15) is 35.9 Å². The molecule has 0 amide bonds. The highest BCUT2D eigenvalue weighted by molar-refractivity contribution is 5.92. The summed E-state index contributed by atoms with van der Waals surface area (Å²) in [6, 6.07) is 5.11. The van der Waals surface area contributed by atoms with E-state index >= 15 is 0 Å². The fourth-order valence-corrected chi connectivity index (χ4v) is 2.64. The topological polar surface area (TPSA) is 67.6 Å². The minimum absolute atomic E-state index is 0.258. The van der Waals surface area contributed by atoms with Crippen LogP contribution in [0, 0.1) is 0 Å². The van der Waals surface area contributed by atoms with Gasteiger partial charge in [-0.3, -0.25) is 0 Å². The Labute approximate surface area is 122 Å². The molecule has 0 unspecified atom stereocenters. The second-order valence-electron chi connectivity index (χ2n) is 5.51. The van der Waals surface area contributed by atoms with E-state index in [9.17, 15) is 4.79 Å². The van der Waals surface area contributed by atoms with Gasteiger partial charge in [-0.2, -0.15) is 0 Å². The Balaban J connectivity index is 2.15. The average Bonchev–Trinajstić information content (AvgIpc) is 2.86. The van der Waals surface area contributed by atoms with Gasteiger partial charge in [0.25, 0.3) is 0 Å². The predicted molar refractivity (Wildman–Crippen MR) is 79.6 cm³/mol. The van der Waals surface area contributed by atoms with E-state index in [2.05, 4.69) is 28.5 Å². The number of aromatic carboxylic acids is 1. The smallest absolute Gasteiger partial charge is 0.335 e. The van der Waals surface area contributed by atoms with E-state index in [1.54, 1.807) is 12.1 Å². The molecule has 1 aromatic carbocycles. The summed E-state index contributed by atoms with van der Waals surface area (Å²) in [5, 5.41) is 11.3. The Kier molecular flexibility index (Phi) is 3.55. The lowest BCUT2D eigenvalue weighted by Gasteiger charge is -2.32. The van der Waals surface area contributed by atoms with Crippen molar-refractivity contribution in [1.29, 1.82) is 0 Å². The number of aromatic nitrogens is 2. The monoisotopic (exact) mass is 289 g/mol. The second-order valence-corrected chi connectivity index (χ2v) is 5.51. The quantitative estimate of drug-likeness (QED) is 0.933. The zero-order chi connectivity index (χ0) is 15.0. The van der Waals surface area contributed by atoms with Crippen molar-refractivity contribution in [3.8, 4) is 0 Å². The van der Waals surface area contributed by atoms with Crippen molar-refractivity contribution in [1.82, 2.24) is 9.66 Å². The lowest BCUT2D eigenvalue weighted by molar-refractivity contribution is 0.0697. The molecule has 1 aromatic heterocycles. The lowest BCUT2D eigenvalue weighted by atomic mass is 10.2. The van der Waals surface area contributed by atoms with Crippen LogP contribution in [-0.2, 0) is 4.74 Å². The molecule has 1 aliphatic rings. The van der Waals surface area contributed by atoms with Crippen LogP contribution in [0.4, 0.5) is 0 Å². The summed E-state index contributed by atoms with van der Waals surface area (Å²) in [7, 11) is 0. The number of ether oxygens (including phenoxy) is 1. The maximum absolute atomic E-state index is 11.1. The molecule has 0 aliphatic carbocycles. The number of morpholine rings is 1. The summed E-state index contributed by atoms with van der Waals surface area (Å²) < 4.78 is 7.53. The number of fused-ring (bicyclic) bond motifs is 1. The molecule has 0 radical (unpaired) electrons. The van der Waals surface area contributed by atoms with Crippen LogP contribution in [0.25, 0.3) is 11.0 Å². The Morgan fingerprint density at radius 3 is 2.67 bits per heavy atom. The normalized spacial score (nSPS) is 15.9. The van der Waals surface area contributed by atoms with Gasteiger partial charge in [0.05, 0.1) is 42.9 Å². The molecule has 1 N–H and O–H groups in total. The van der Waals surface area contributed by atoms with Crippen LogP contribution in [0.15, 0.2) is 18.2 Å². The number of imidazole rings is 1. The van der Waals surface area contributed by atoms with Gasteiger partial charge >= 0.3 is 5.97 Å². The van der Waals surface area contributed by atoms with E-state index in [-0.39, 0.29) is 11.5 Å². The number of carboxylic acids is 1. The van der Waals surface area contributed by atoms with Crippen LogP contribution in [0.5, 0.6) is 0 Å². The first-order chi connectivity index (χ1) is 10.1. The molecule has 21 heavy (non-hydrogen) atoms. The van der Waals surface area contributed by atoms with E-state index in [4.69, 9.17) is 9.84 Å². The van der Waals surface area contributed by atoms with Crippen molar-refractivity contribution in [3.05, 3.63) is 29.6 Å². The molecular weight excluding hydrogens is 270 g/mol. The minimum Gasteiger partial charge on any atom is -0.478 e. The molecule has 1 fully saturated rings. The largest absolute Gasteiger partial charge is 0.478 e. The average molecular weight is 289 g/mol. The van der Waals surface area contributed by atoms with Gasteiger partial charge in [-0.15, -0.1) is 0 Å². The molecule has 6 nitrogen and oxygen atoms in total. The Bertz CT molecular complexity index is 672. The number of nitrogens with zero attached hydrogens (tertiary/aromatic N) is 3. The zero-order valence-electron chi connectivity index (χ0n) is 12.2. The van der Waals surface area contributed by atoms with Crippen LogP contribution < -0.4 is 5.01 Å². The summed E-state index contributed by atoms with van der Waals surface area (Å²) in [5.41, 5.74) is 1.94. The van der Waals surface area contributed by atoms with Gasteiger partial charge in [0.2, 0.25) is 0 Å². The summed E-state index contributed by atoms with van der Waals surface area (Å²) in [4.78, 5) is 15.8. The second kappa shape index (κ2) is 5.37. The summed E-state index contributed by atoms with van der Waals surface area (Å²) in [5.74, 6) is 0.284. The van der Waals surface area contributed by atoms with Gasteiger partial charge in [-0.25, -0.2) is 14.5 Å². The van der Waals surface area contributed by atoms with E-state index in [1.807, 2.05) is 6.07 Å². The highest BCUT2D eigenvalue weighted by Crippen LogP contribution is 2.23. The summed E-state index contributed by atoms with van der Waals surface area (Å²) in [6.07, 6.45) is 0. The van der Waals surface area contributed by atoms with Crippen molar-refractivity contribution in [2.24, 2.45) is 0 Å². The zero-order valence-corrected chi connectivity index (χ0v) is 12.2. The highest BCUT2D eigenvalue weighted by atomic mass is 16.5. The summed E-state index contributed by atoms with van der Waals surface area (Å²) in [6.45, 7) is 7.21. The van der Waals surface area contributed by atoms with Gasteiger partial charge in [-0.1, -0.05) is 13.8 Å². The molecule has 1 saturated heterocycles. The molecule has 0 atom stereocenters. The maximum atomic E-state index is 11.1. The minimum atomic E-state index is -0.927. The van der Waals surface area contributed by atoms with Gasteiger partial charge in [0.15, 0.2) is 0 Å². The van der Waals surface area contributed by atoms with Crippen LogP contribution >= 0.6 is 0 Å². The fraction of sp³-hybridized carbons (Fsp3) is 0.467.